The van der Waals surface area contributed by atoms with Crippen LogP contribution in [-0.2, 0) is 22.4 Å². The number of carbonyl (C=O) groups is 3. The standard InChI is InChI=1S/C26H36N6O3/c1-7-20-21(12-16(3)4)31-26(24(30-20)25(27)35)29-19-11-9-10-18(13-19)17(5)14-28-22(33)15-32(6)23(34)8-2/h8-11,13,16-17H,2,7,12,14-15H2,1,3-6H3,(H2,27,35)(H,28,33)(H,29,31)/t17-/m0/s1. The fourth-order valence-electron chi connectivity index (χ4n) is 3.55. The maximum atomic E-state index is 12.2. The van der Waals surface area contributed by atoms with Crippen LogP contribution in [0, 0.1) is 5.92 Å². The van der Waals surface area contributed by atoms with Gasteiger partial charge in [0.25, 0.3) is 5.91 Å². The number of aromatic nitrogens is 2. The highest BCUT2D eigenvalue weighted by Gasteiger charge is 2.18. The van der Waals surface area contributed by atoms with Crippen LogP contribution >= 0.6 is 0 Å². The van der Waals surface area contributed by atoms with Crippen LogP contribution in [-0.4, -0.2) is 52.7 Å². The van der Waals surface area contributed by atoms with Crippen molar-refractivity contribution in [1.29, 1.82) is 0 Å². The summed E-state index contributed by atoms with van der Waals surface area (Å²) in [6.45, 7) is 12.0. The Morgan fingerprint density at radius 1 is 1.17 bits per heavy atom. The van der Waals surface area contributed by atoms with Gasteiger partial charge in [-0.3, -0.25) is 14.4 Å². The lowest BCUT2D eigenvalue weighted by atomic mass is 10.0. The zero-order valence-electron chi connectivity index (χ0n) is 21.2. The van der Waals surface area contributed by atoms with Gasteiger partial charge in [-0.15, -0.1) is 0 Å². The number of hydrogen-bond acceptors (Lipinski definition) is 6. The topological polar surface area (TPSA) is 130 Å². The molecule has 0 aliphatic carbocycles. The van der Waals surface area contributed by atoms with Gasteiger partial charge in [0, 0.05) is 19.3 Å². The molecule has 0 aliphatic heterocycles. The Morgan fingerprint density at radius 2 is 1.89 bits per heavy atom. The van der Waals surface area contributed by atoms with Crippen LogP contribution in [0.5, 0.6) is 0 Å². The Kier molecular flexibility index (Phi) is 9.93. The van der Waals surface area contributed by atoms with Crippen molar-refractivity contribution in [3.63, 3.8) is 0 Å². The van der Waals surface area contributed by atoms with Gasteiger partial charge in [0.1, 0.15) is 0 Å². The molecule has 0 radical (unpaired) electrons. The molecule has 1 heterocycles. The van der Waals surface area contributed by atoms with E-state index in [1.54, 1.807) is 7.05 Å². The molecule has 35 heavy (non-hydrogen) atoms. The molecule has 0 unspecified atom stereocenters. The fraction of sp³-hybridized carbons (Fsp3) is 0.423. The second-order valence-electron chi connectivity index (χ2n) is 8.98. The molecule has 0 saturated heterocycles. The number of nitrogens with one attached hydrogen (secondary N) is 2. The van der Waals surface area contributed by atoms with Crippen LogP contribution in [0.2, 0.25) is 0 Å². The number of benzene rings is 1. The molecule has 9 nitrogen and oxygen atoms in total. The summed E-state index contributed by atoms with van der Waals surface area (Å²) < 4.78 is 0. The second kappa shape index (κ2) is 12.6. The zero-order chi connectivity index (χ0) is 26.1. The number of anilines is 2. The predicted octanol–water partition coefficient (Wildman–Crippen LogP) is 2.94. The van der Waals surface area contributed by atoms with Gasteiger partial charge in [0.15, 0.2) is 11.5 Å². The lowest BCUT2D eigenvalue weighted by Crippen LogP contribution is -2.38. The molecule has 0 bridgehead atoms. The molecule has 2 aromatic rings. The number of amides is 3. The molecule has 9 heteroatoms. The first-order chi connectivity index (χ1) is 16.5. The fourth-order valence-corrected chi connectivity index (χ4v) is 3.55. The van der Waals surface area contributed by atoms with Crippen molar-refractivity contribution in [2.24, 2.45) is 11.7 Å². The summed E-state index contributed by atoms with van der Waals surface area (Å²) >= 11 is 0. The number of primary amides is 1. The molecule has 1 aromatic heterocycles. The molecular formula is C26H36N6O3. The van der Waals surface area contributed by atoms with Crippen LogP contribution < -0.4 is 16.4 Å². The molecule has 0 spiro atoms. The van der Waals surface area contributed by atoms with Crippen molar-refractivity contribution in [3.8, 4) is 0 Å². The summed E-state index contributed by atoms with van der Waals surface area (Å²) in [6.07, 6.45) is 2.57. The van der Waals surface area contributed by atoms with Gasteiger partial charge in [-0.1, -0.05) is 46.4 Å². The third-order valence-electron chi connectivity index (χ3n) is 5.48. The van der Waals surface area contributed by atoms with Crippen molar-refractivity contribution >= 4 is 29.2 Å². The minimum atomic E-state index is -0.641. The van der Waals surface area contributed by atoms with Crippen LogP contribution in [0.15, 0.2) is 36.9 Å². The number of carbonyl (C=O) groups excluding carboxylic acids is 3. The van der Waals surface area contributed by atoms with E-state index in [4.69, 9.17) is 10.7 Å². The Bertz CT molecular complexity index is 1080. The highest BCUT2D eigenvalue weighted by atomic mass is 16.2. The van der Waals surface area contributed by atoms with Gasteiger partial charge >= 0.3 is 0 Å². The van der Waals surface area contributed by atoms with Crippen molar-refractivity contribution in [2.75, 3.05) is 25.5 Å². The first-order valence-electron chi connectivity index (χ1n) is 11.8. The third-order valence-corrected chi connectivity index (χ3v) is 5.48. The van der Waals surface area contributed by atoms with Crippen molar-refractivity contribution in [1.82, 2.24) is 20.2 Å². The number of likely N-dealkylation sites (N-methyl/N-ethyl adjacent to an activating group) is 1. The largest absolute Gasteiger partial charge is 0.364 e. The third kappa shape index (κ3) is 7.91. The lowest BCUT2D eigenvalue weighted by Gasteiger charge is -2.18. The van der Waals surface area contributed by atoms with Gasteiger partial charge < -0.3 is 21.3 Å². The van der Waals surface area contributed by atoms with Crippen LogP contribution in [0.1, 0.15) is 61.1 Å². The normalized spacial score (nSPS) is 11.6. The van der Waals surface area contributed by atoms with E-state index < -0.39 is 5.91 Å². The Hall–Kier alpha value is -3.75. The summed E-state index contributed by atoms with van der Waals surface area (Å²) in [5.41, 5.74) is 9.04. The van der Waals surface area contributed by atoms with Crippen molar-refractivity contribution < 1.29 is 14.4 Å². The summed E-state index contributed by atoms with van der Waals surface area (Å²) in [5.74, 6) is -0.484. The summed E-state index contributed by atoms with van der Waals surface area (Å²) in [6, 6.07) is 7.65. The van der Waals surface area contributed by atoms with Gasteiger partial charge in [-0.2, -0.15) is 0 Å². The summed E-state index contributed by atoms with van der Waals surface area (Å²) in [4.78, 5) is 46.3. The van der Waals surface area contributed by atoms with E-state index in [1.165, 1.54) is 11.0 Å². The van der Waals surface area contributed by atoms with E-state index >= 15 is 0 Å². The Balaban J connectivity index is 2.18. The maximum absolute atomic E-state index is 12.2. The van der Waals surface area contributed by atoms with Crippen molar-refractivity contribution in [2.45, 2.75) is 46.5 Å². The highest BCUT2D eigenvalue weighted by molar-refractivity contribution is 5.96. The van der Waals surface area contributed by atoms with E-state index in [1.807, 2.05) is 38.1 Å². The average Bonchev–Trinajstić information content (AvgIpc) is 2.81. The molecule has 0 saturated carbocycles. The summed E-state index contributed by atoms with van der Waals surface area (Å²) in [5, 5.41) is 6.06. The first-order valence-corrected chi connectivity index (χ1v) is 11.8. The number of nitrogens with two attached hydrogens (primary N) is 1. The number of hydrogen-bond donors (Lipinski definition) is 3. The second-order valence-corrected chi connectivity index (χ2v) is 8.98. The molecule has 4 N–H and O–H groups in total. The van der Waals surface area contributed by atoms with E-state index in [0.29, 0.717) is 24.7 Å². The quantitative estimate of drug-likeness (QED) is 0.401. The number of rotatable bonds is 12. The first kappa shape index (κ1) is 27.5. The van der Waals surface area contributed by atoms with E-state index in [-0.39, 0.29) is 30.0 Å². The highest BCUT2D eigenvalue weighted by Crippen LogP contribution is 2.24. The number of nitrogens with zero attached hydrogens (tertiary/aromatic N) is 3. The number of aryl methyl sites for hydroxylation is 1. The molecular weight excluding hydrogens is 444 g/mol. The van der Waals surface area contributed by atoms with Crippen LogP contribution in [0.4, 0.5) is 11.5 Å². The van der Waals surface area contributed by atoms with Gasteiger partial charge in [-0.05, 0) is 48.4 Å². The molecule has 1 atom stereocenters. The lowest BCUT2D eigenvalue weighted by molar-refractivity contribution is -0.131. The molecule has 0 fully saturated rings. The Labute approximate surface area is 207 Å². The smallest absolute Gasteiger partial charge is 0.271 e. The summed E-state index contributed by atoms with van der Waals surface area (Å²) in [7, 11) is 1.55. The SMILES string of the molecule is C=CC(=O)N(C)CC(=O)NC[C@H](C)c1cccc(Nc2nc(CC(C)C)c(CC)nc2C(N)=O)c1. The minimum absolute atomic E-state index is 0.00164. The van der Waals surface area contributed by atoms with Crippen molar-refractivity contribution in [3.05, 3.63) is 59.6 Å². The van der Waals surface area contributed by atoms with E-state index in [9.17, 15) is 14.4 Å². The maximum Gasteiger partial charge on any atom is 0.271 e. The molecule has 1 aromatic carbocycles. The predicted molar refractivity (Wildman–Crippen MR) is 137 cm³/mol. The molecule has 188 valence electrons. The van der Waals surface area contributed by atoms with Crippen LogP contribution in [0.3, 0.4) is 0 Å². The zero-order valence-corrected chi connectivity index (χ0v) is 21.2. The van der Waals surface area contributed by atoms with E-state index in [0.717, 1.165) is 29.1 Å². The molecule has 0 aliphatic rings. The Morgan fingerprint density at radius 3 is 2.49 bits per heavy atom. The van der Waals surface area contributed by atoms with Gasteiger partial charge in [0.2, 0.25) is 11.8 Å². The molecule has 3 amide bonds. The van der Waals surface area contributed by atoms with Gasteiger partial charge in [-0.25, -0.2) is 9.97 Å². The minimum Gasteiger partial charge on any atom is -0.364 e. The van der Waals surface area contributed by atoms with Crippen LogP contribution in [0.25, 0.3) is 0 Å². The molecule has 2 rings (SSSR count). The van der Waals surface area contributed by atoms with Gasteiger partial charge in [0.05, 0.1) is 17.9 Å². The monoisotopic (exact) mass is 480 g/mol. The average molecular weight is 481 g/mol. The van der Waals surface area contributed by atoms with E-state index in [2.05, 4.69) is 36.0 Å².